The molecule has 0 amide bonds. The van der Waals surface area contributed by atoms with Crippen molar-refractivity contribution in [3.63, 3.8) is 0 Å². The number of nitrogens with one attached hydrogen (secondary N) is 1. The second-order valence-corrected chi connectivity index (χ2v) is 5.92. The van der Waals surface area contributed by atoms with Crippen LogP contribution < -0.4 is 5.32 Å². The highest BCUT2D eigenvalue weighted by Gasteiger charge is 2.34. The minimum Gasteiger partial charge on any atom is -0.508 e. The molecule has 1 saturated heterocycles. The second-order valence-electron chi connectivity index (χ2n) is 5.13. The second kappa shape index (κ2) is 9.23. The van der Waals surface area contributed by atoms with E-state index < -0.39 is 12.5 Å². The van der Waals surface area contributed by atoms with E-state index in [1.54, 1.807) is 17.9 Å². The van der Waals surface area contributed by atoms with E-state index in [4.69, 9.17) is 0 Å². The first-order valence-corrected chi connectivity index (χ1v) is 7.44. The lowest BCUT2D eigenvalue weighted by molar-refractivity contribution is 0.0166. The van der Waals surface area contributed by atoms with Crippen LogP contribution in [0.3, 0.4) is 0 Å². The number of halogens is 5. The minimum absolute atomic E-state index is 0. The summed E-state index contributed by atoms with van der Waals surface area (Å²) in [6.07, 6.45) is -2.53. The maximum Gasteiger partial charge on any atom is 0.258 e. The Morgan fingerprint density at radius 1 is 1.23 bits per heavy atom. The quantitative estimate of drug-likeness (QED) is 0.778. The highest BCUT2D eigenvalue weighted by Crippen LogP contribution is 2.40. The molecule has 128 valence electrons. The van der Waals surface area contributed by atoms with Gasteiger partial charge in [0.1, 0.15) is 11.8 Å². The molecule has 1 heterocycles. The summed E-state index contributed by atoms with van der Waals surface area (Å²) in [6.45, 7) is 6.09. The molecule has 0 spiro atoms. The van der Waals surface area contributed by atoms with Gasteiger partial charge in [-0.2, -0.15) is 0 Å². The molecular formula is C14H21BrCl2F2N2O. The lowest BCUT2D eigenvalue weighted by Gasteiger charge is -2.35. The Labute approximate surface area is 150 Å². The van der Waals surface area contributed by atoms with Crippen LogP contribution in [0, 0.1) is 13.8 Å². The summed E-state index contributed by atoms with van der Waals surface area (Å²) in [5.74, 6) is -0.0490. The van der Waals surface area contributed by atoms with Crippen molar-refractivity contribution in [2.45, 2.75) is 26.3 Å². The van der Waals surface area contributed by atoms with E-state index in [-0.39, 0.29) is 30.6 Å². The number of rotatable bonds is 3. The highest BCUT2D eigenvalue weighted by molar-refractivity contribution is 9.10. The molecule has 8 heteroatoms. The van der Waals surface area contributed by atoms with Crippen LogP contribution in [0.1, 0.15) is 22.7 Å². The number of piperazine rings is 1. The van der Waals surface area contributed by atoms with Crippen molar-refractivity contribution in [2.75, 3.05) is 26.2 Å². The zero-order valence-corrected chi connectivity index (χ0v) is 15.6. The first kappa shape index (κ1) is 21.9. The molecule has 1 aliphatic heterocycles. The summed E-state index contributed by atoms with van der Waals surface area (Å²) < 4.78 is 27.9. The van der Waals surface area contributed by atoms with Crippen LogP contribution >= 0.6 is 40.7 Å². The van der Waals surface area contributed by atoms with E-state index in [1.165, 1.54) is 0 Å². The smallest absolute Gasteiger partial charge is 0.258 e. The van der Waals surface area contributed by atoms with E-state index in [1.807, 2.05) is 6.92 Å². The number of alkyl halides is 2. The van der Waals surface area contributed by atoms with Crippen LogP contribution in [-0.4, -0.2) is 42.6 Å². The van der Waals surface area contributed by atoms with Gasteiger partial charge >= 0.3 is 0 Å². The van der Waals surface area contributed by atoms with E-state index in [9.17, 15) is 13.9 Å². The molecule has 0 bridgehead atoms. The highest BCUT2D eigenvalue weighted by atomic mass is 79.9. The Bertz CT molecular complexity index is 500. The first-order valence-electron chi connectivity index (χ1n) is 6.65. The van der Waals surface area contributed by atoms with Crippen molar-refractivity contribution in [2.24, 2.45) is 0 Å². The van der Waals surface area contributed by atoms with Crippen molar-refractivity contribution in [1.82, 2.24) is 10.2 Å². The predicted octanol–water partition coefficient (Wildman–Crippen LogP) is 3.83. The van der Waals surface area contributed by atoms with Gasteiger partial charge in [-0.25, -0.2) is 8.78 Å². The third-order valence-corrected chi connectivity index (χ3v) is 5.01. The summed E-state index contributed by atoms with van der Waals surface area (Å²) in [4.78, 5) is 1.74. The molecule has 1 fully saturated rings. The molecule has 2 N–H and O–H groups in total. The topological polar surface area (TPSA) is 35.5 Å². The van der Waals surface area contributed by atoms with E-state index in [0.29, 0.717) is 37.3 Å². The molecule has 1 aliphatic rings. The number of phenolic OH excluding ortho intramolecular Hbond substituents is 1. The van der Waals surface area contributed by atoms with Crippen molar-refractivity contribution in [3.05, 3.63) is 27.2 Å². The fourth-order valence-electron chi connectivity index (χ4n) is 2.75. The zero-order valence-electron chi connectivity index (χ0n) is 12.4. The zero-order chi connectivity index (χ0) is 14.9. The van der Waals surface area contributed by atoms with Crippen molar-refractivity contribution in [1.29, 1.82) is 0 Å². The number of phenols is 1. The Morgan fingerprint density at radius 3 is 2.27 bits per heavy atom. The maximum atomic E-state index is 13.6. The Morgan fingerprint density at radius 2 is 1.77 bits per heavy atom. The third-order valence-electron chi connectivity index (χ3n) is 3.79. The van der Waals surface area contributed by atoms with Crippen molar-refractivity contribution >= 4 is 40.7 Å². The van der Waals surface area contributed by atoms with Gasteiger partial charge in [-0.05, 0) is 31.0 Å². The number of hydrogen-bond donors (Lipinski definition) is 2. The van der Waals surface area contributed by atoms with Crippen LogP contribution in [0.25, 0.3) is 0 Å². The number of aromatic hydroxyl groups is 1. The average molecular weight is 422 g/mol. The molecule has 3 nitrogen and oxygen atoms in total. The Kier molecular flexibility index (Phi) is 9.17. The average Bonchev–Trinajstić information content (AvgIpc) is 2.41. The summed E-state index contributed by atoms with van der Waals surface area (Å²) in [7, 11) is 0. The van der Waals surface area contributed by atoms with Crippen LogP contribution in [0.15, 0.2) is 10.5 Å². The summed E-state index contributed by atoms with van der Waals surface area (Å²) >= 11 is 3.42. The molecule has 1 atom stereocenters. The van der Waals surface area contributed by atoms with Gasteiger partial charge in [0.05, 0.1) is 0 Å². The summed E-state index contributed by atoms with van der Waals surface area (Å²) in [6, 6.07) is 0.485. The van der Waals surface area contributed by atoms with E-state index in [2.05, 4.69) is 21.2 Å². The summed E-state index contributed by atoms with van der Waals surface area (Å²) in [5, 5.41) is 13.3. The van der Waals surface area contributed by atoms with Gasteiger partial charge in [-0.1, -0.05) is 15.9 Å². The number of hydrogen-bond acceptors (Lipinski definition) is 3. The molecule has 22 heavy (non-hydrogen) atoms. The SMILES string of the molecule is Cc1cc(O)c([C@H](C(F)F)N2CCNCC2)c(C)c1Br.Cl.Cl. The van der Waals surface area contributed by atoms with E-state index >= 15 is 0 Å². The van der Waals surface area contributed by atoms with Crippen molar-refractivity contribution in [3.8, 4) is 5.75 Å². The standard InChI is InChI=1S/C14H19BrF2N2O.2ClH/c1-8-7-10(20)11(9(2)12(8)15)13(14(16)17)19-5-3-18-4-6-19;;/h7,13-14,18,20H,3-6H2,1-2H3;2*1H/t13-;;/m1../s1. The molecule has 1 aromatic carbocycles. The first-order chi connectivity index (χ1) is 9.43. The normalized spacial score (nSPS) is 16.8. The van der Waals surface area contributed by atoms with Gasteiger partial charge in [0, 0.05) is 36.2 Å². The van der Waals surface area contributed by atoms with Crippen molar-refractivity contribution < 1.29 is 13.9 Å². The molecular weight excluding hydrogens is 401 g/mol. The van der Waals surface area contributed by atoms with Crippen LogP contribution in [-0.2, 0) is 0 Å². The number of benzene rings is 1. The Balaban J connectivity index is 0.00000220. The molecule has 0 aromatic heterocycles. The lowest BCUT2D eigenvalue weighted by atomic mass is 9.96. The maximum absolute atomic E-state index is 13.6. The molecule has 0 radical (unpaired) electrons. The molecule has 1 aromatic rings. The largest absolute Gasteiger partial charge is 0.508 e. The number of nitrogens with zero attached hydrogens (tertiary/aromatic N) is 1. The molecule has 0 unspecified atom stereocenters. The Hall–Kier alpha value is -0.140. The monoisotopic (exact) mass is 420 g/mol. The van der Waals surface area contributed by atoms with Gasteiger partial charge in [0.15, 0.2) is 0 Å². The van der Waals surface area contributed by atoms with Gasteiger partial charge in [-0.15, -0.1) is 24.8 Å². The predicted molar refractivity (Wildman–Crippen MR) is 93.0 cm³/mol. The molecule has 2 rings (SSSR count). The van der Waals surface area contributed by atoms with Crippen LogP contribution in [0.2, 0.25) is 0 Å². The van der Waals surface area contributed by atoms with E-state index in [0.717, 1.165) is 10.0 Å². The van der Waals surface area contributed by atoms with Crippen LogP contribution in [0.5, 0.6) is 5.75 Å². The van der Waals surface area contributed by atoms with Gasteiger partial charge < -0.3 is 10.4 Å². The summed E-state index contributed by atoms with van der Waals surface area (Å²) in [5.41, 5.74) is 1.86. The lowest BCUT2D eigenvalue weighted by Crippen LogP contribution is -2.47. The van der Waals surface area contributed by atoms with Gasteiger partial charge in [-0.3, -0.25) is 4.90 Å². The van der Waals surface area contributed by atoms with Crippen LogP contribution in [0.4, 0.5) is 8.78 Å². The fraction of sp³-hybridized carbons (Fsp3) is 0.571. The minimum atomic E-state index is -2.53. The van der Waals surface area contributed by atoms with Gasteiger partial charge in [0.25, 0.3) is 6.43 Å². The van der Waals surface area contributed by atoms with Gasteiger partial charge in [0.2, 0.25) is 0 Å². The third kappa shape index (κ3) is 4.45. The number of aryl methyl sites for hydroxylation is 1. The molecule has 0 aliphatic carbocycles. The fourth-order valence-corrected chi connectivity index (χ4v) is 3.08. The molecule has 0 saturated carbocycles.